The van der Waals surface area contributed by atoms with Gasteiger partial charge in [0.25, 0.3) is 0 Å². The summed E-state index contributed by atoms with van der Waals surface area (Å²) in [6.45, 7) is 3.73. The van der Waals surface area contributed by atoms with Crippen LogP contribution in [0.2, 0.25) is 0 Å². The number of amides is 1. The van der Waals surface area contributed by atoms with Gasteiger partial charge in [0.05, 0.1) is 19.1 Å². The van der Waals surface area contributed by atoms with E-state index in [1.54, 1.807) is 13.4 Å². The number of benzene rings is 1. The average molecular weight is 354 g/mol. The van der Waals surface area contributed by atoms with Gasteiger partial charge in [0.15, 0.2) is 0 Å². The van der Waals surface area contributed by atoms with Gasteiger partial charge in [-0.3, -0.25) is 4.79 Å². The Morgan fingerprint density at radius 3 is 2.88 bits per heavy atom. The molecule has 6 heteroatoms. The second-order valence-electron chi connectivity index (χ2n) is 7.57. The van der Waals surface area contributed by atoms with Gasteiger partial charge in [0.1, 0.15) is 17.9 Å². The summed E-state index contributed by atoms with van der Waals surface area (Å²) in [5, 5.41) is 8.11. The molecule has 3 atom stereocenters. The molecule has 2 aliphatic rings. The minimum atomic E-state index is 0.000933. The second-order valence-corrected chi connectivity index (χ2v) is 7.57. The van der Waals surface area contributed by atoms with Crippen LogP contribution in [0.25, 0.3) is 0 Å². The number of nitrogens with zero attached hydrogens (tertiary/aromatic N) is 4. The molecule has 2 aliphatic heterocycles. The van der Waals surface area contributed by atoms with Crippen LogP contribution in [0.15, 0.2) is 30.6 Å². The van der Waals surface area contributed by atoms with Crippen LogP contribution >= 0.6 is 0 Å². The molecule has 0 aliphatic carbocycles. The zero-order valence-corrected chi connectivity index (χ0v) is 15.5. The third-order valence-electron chi connectivity index (χ3n) is 5.78. The van der Waals surface area contributed by atoms with Gasteiger partial charge in [-0.2, -0.15) is 0 Å². The number of carbonyl (C=O) groups is 1. The van der Waals surface area contributed by atoms with Crippen molar-refractivity contribution in [3.8, 4) is 5.75 Å². The van der Waals surface area contributed by atoms with Crippen molar-refractivity contribution in [2.24, 2.45) is 11.8 Å². The van der Waals surface area contributed by atoms with Crippen molar-refractivity contribution < 1.29 is 9.53 Å². The Hall–Kier alpha value is -2.37. The van der Waals surface area contributed by atoms with E-state index in [-0.39, 0.29) is 17.9 Å². The lowest BCUT2D eigenvalue weighted by atomic mass is 9.87. The molecule has 4 rings (SSSR count). The molecule has 26 heavy (non-hydrogen) atoms. The highest BCUT2D eigenvalue weighted by atomic mass is 16.5. The minimum Gasteiger partial charge on any atom is -0.496 e. The summed E-state index contributed by atoms with van der Waals surface area (Å²) in [5.74, 6) is 2.64. The van der Waals surface area contributed by atoms with Crippen molar-refractivity contribution in [2.45, 2.75) is 45.2 Å². The summed E-state index contributed by atoms with van der Waals surface area (Å²) in [6, 6.07) is 8.19. The number of likely N-dealkylation sites (tertiary alicyclic amines) is 1. The highest BCUT2D eigenvalue weighted by Gasteiger charge is 2.37. The molecule has 1 aromatic carbocycles. The lowest BCUT2D eigenvalue weighted by molar-refractivity contribution is -0.141. The number of hydrogen-bond donors (Lipinski definition) is 0. The molecule has 0 saturated carbocycles. The van der Waals surface area contributed by atoms with Gasteiger partial charge in [0.2, 0.25) is 5.91 Å². The molecule has 1 amide bonds. The fourth-order valence-electron chi connectivity index (χ4n) is 4.35. The van der Waals surface area contributed by atoms with Crippen LogP contribution in [-0.4, -0.2) is 39.2 Å². The van der Waals surface area contributed by atoms with Gasteiger partial charge in [-0.25, -0.2) is 0 Å². The largest absolute Gasteiger partial charge is 0.496 e. The van der Waals surface area contributed by atoms with Crippen LogP contribution in [0, 0.1) is 11.8 Å². The molecular weight excluding hydrogens is 328 g/mol. The van der Waals surface area contributed by atoms with E-state index in [1.807, 2.05) is 22.8 Å². The topological polar surface area (TPSA) is 60.2 Å². The van der Waals surface area contributed by atoms with E-state index < -0.39 is 0 Å². The number of carbonyl (C=O) groups excluding carboxylic acids is 1. The first-order valence-corrected chi connectivity index (χ1v) is 9.47. The third kappa shape index (κ3) is 3.08. The molecule has 0 bridgehead atoms. The zero-order valence-electron chi connectivity index (χ0n) is 15.5. The monoisotopic (exact) mass is 354 g/mol. The van der Waals surface area contributed by atoms with E-state index in [0.29, 0.717) is 12.5 Å². The van der Waals surface area contributed by atoms with Crippen molar-refractivity contribution in [1.82, 2.24) is 19.7 Å². The van der Waals surface area contributed by atoms with Crippen molar-refractivity contribution in [3.05, 3.63) is 42.0 Å². The molecule has 1 saturated heterocycles. The van der Waals surface area contributed by atoms with Gasteiger partial charge < -0.3 is 14.2 Å². The Kier molecular flexibility index (Phi) is 4.66. The standard InChI is InChI=1S/C20H26N4O2/c1-14-7-9-17(16-5-3-4-6-18(16)26-2)24(11-14)20(25)15-8-10-19-22-21-13-23(19)12-15/h3-6,13-15,17H,7-12H2,1-2H3. The molecule has 6 nitrogen and oxygen atoms in total. The molecule has 1 fully saturated rings. The number of para-hydroxylation sites is 1. The van der Waals surface area contributed by atoms with Crippen molar-refractivity contribution in [2.75, 3.05) is 13.7 Å². The van der Waals surface area contributed by atoms with Gasteiger partial charge in [-0.1, -0.05) is 25.1 Å². The molecule has 0 radical (unpaired) electrons. The van der Waals surface area contributed by atoms with Gasteiger partial charge >= 0.3 is 0 Å². The number of aryl methyl sites for hydroxylation is 1. The second kappa shape index (κ2) is 7.09. The van der Waals surface area contributed by atoms with Crippen LogP contribution < -0.4 is 4.74 Å². The van der Waals surface area contributed by atoms with Crippen LogP contribution in [0.5, 0.6) is 5.75 Å². The Bertz CT molecular complexity index is 788. The van der Waals surface area contributed by atoms with Gasteiger partial charge in [-0.15, -0.1) is 10.2 Å². The van der Waals surface area contributed by atoms with E-state index in [1.165, 1.54) is 0 Å². The minimum absolute atomic E-state index is 0.000933. The third-order valence-corrected chi connectivity index (χ3v) is 5.78. The maximum absolute atomic E-state index is 13.4. The summed E-state index contributed by atoms with van der Waals surface area (Å²) in [5.41, 5.74) is 1.12. The highest BCUT2D eigenvalue weighted by Crippen LogP contribution is 2.39. The first-order chi connectivity index (χ1) is 12.7. The zero-order chi connectivity index (χ0) is 18.1. The number of hydrogen-bond acceptors (Lipinski definition) is 4. The van der Waals surface area contributed by atoms with E-state index in [4.69, 9.17) is 4.74 Å². The fourth-order valence-corrected chi connectivity index (χ4v) is 4.35. The number of fused-ring (bicyclic) bond motifs is 1. The lowest BCUT2D eigenvalue weighted by Crippen LogP contribution is -2.46. The Labute approximate surface area is 154 Å². The molecule has 3 unspecified atom stereocenters. The van der Waals surface area contributed by atoms with Crippen LogP contribution in [0.3, 0.4) is 0 Å². The normalized spacial score (nSPS) is 25.6. The molecule has 1 aromatic heterocycles. The Morgan fingerprint density at radius 2 is 2.04 bits per heavy atom. The number of rotatable bonds is 3. The number of methoxy groups -OCH3 is 1. The van der Waals surface area contributed by atoms with Crippen LogP contribution in [0.1, 0.15) is 43.6 Å². The Morgan fingerprint density at radius 1 is 1.19 bits per heavy atom. The van der Waals surface area contributed by atoms with Crippen LogP contribution in [-0.2, 0) is 17.8 Å². The summed E-state index contributed by atoms with van der Waals surface area (Å²) in [7, 11) is 1.70. The van der Waals surface area contributed by atoms with Crippen molar-refractivity contribution in [3.63, 3.8) is 0 Å². The average Bonchev–Trinajstić information content (AvgIpc) is 3.15. The highest BCUT2D eigenvalue weighted by molar-refractivity contribution is 5.79. The van der Waals surface area contributed by atoms with E-state index in [2.05, 4.69) is 28.1 Å². The quantitative estimate of drug-likeness (QED) is 0.850. The maximum Gasteiger partial charge on any atom is 0.228 e. The first kappa shape index (κ1) is 17.1. The van der Waals surface area contributed by atoms with Crippen molar-refractivity contribution >= 4 is 5.91 Å². The maximum atomic E-state index is 13.4. The van der Waals surface area contributed by atoms with Crippen molar-refractivity contribution in [1.29, 1.82) is 0 Å². The predicted octanol–water partition coefficient (Wildman–Crippen LogP) is 2.85. The number of piperidine rings is 1. The lowest BCUT2D eigenvalue weighted by Gasteiger charge is -2.41. The molecule has 138 valence electrons. The SMILES string of the molecule is COc1ccccc1C1CCC(C)CN1C(=O)C1CCc2nncn2C1. The fraction of sp³-hybridized carbons (Fsp3) is 0.550. The predicted molar refractivity (Wildman–Crippen MR) is 97.7 cm³/mol. The van der Waals surface area contributed by atoms with E-state index >= 15 is 0 Å². The smallest absolute Gasteiger partial charge is 0.228 e. The molecular formula is C20H26N4O2. The van der Waals surface area contributed by atoms with E-state index in [9.17, 15) is 4.79 Å². The number of ether oxygens (including phenoxy) is 1. The molecule has 3 heterocycles. The molecule has 2 aromatic rings. The molecule has 0 N–H and O–H groups in total. The van der Waals surface area contributed by atoms with E-state index in [0.717, 1.165) is 49.4 Å². The first-order valence-electron chi connectivity index (χ1n) is 9.47. The summed E-state index contributed by atoms with van der Waals surface area (Å²) >= 11 is 0. The van der Waals surface area contributed by atoms with Gasteiger partial charge in [0, 0.05) is 25.1 Å². The van der Waals surface area contributed by atoms with Gasteiger partial charge in [-0.05, 0) is 31.2 Å². The summed E-state index contributed by atoms with van der Waals surface area (Å²) in [4.78, 5) is 15.5. The summed E-state index contributed by atoms with van der Waals surface area (Å²) < 4.78 is 7.60. The molecule has 0 spiro atoms. The number of aromatic nitrogens is 3. The van der Waals surface area contributed by atoms with Crippen LogP contribution in [0.4, 0.5) is 0 Å². The summed E-state index contributed by atoms with van der Waals surface area (Å²) in [6.07, 6.45) is 5.52. The Balaban J connectivity index is 1.60.